The highest BCUT2D eigenvalue weighted by Crippen LogP contribution is 2.29. The Bertz CT molecular complexity index is 1560. The van der Waals surface area contributed by atoms with Crippen molar-refractivity contribution in [3.63, 3.8) is 0 Å². The maximum Gasteiger partial charge on any atom is 0.231 e. The number of aromatic amines is 1. The number of nitrogens with two attached hydrogens (primary N) is 1. The molecule has 0 bridgehead atoms. The molecule has 4 rings (SSSR count). The number of aryl methyl sites for hydroxylation is 1. The van der Waals surface area contributed by atoms with Crippen LogP contribution in [0.1, 0.15) is 50.7 Å². The minimum absolute atomic E-state index is 0.0675. The van der Waals surface area contributed by atoms with Crippen LogP contribution in [-0.4, -0.2) is 54.1 Å². The second-order valence-corrected chi connectivity index (χ2v) is 11.7. The van der Waals surface area contributed by atoms with E-state index in [1.807, 2.05) is 56.3 Å². The average molecular weight is 638 g/mol. The van der Waals surface area contributed by atoms with Crippen LogP contribution in [0.25, 0.3) is 17.5 Å². The molecule has 0 fully saturated rings. The van der Waals surface area contributed by atoms with E-state index in [1.165, 1.54) is 0 Å². The molecule has 2 unspecified atom stereocenters. The number of hydrogen-bond acceptors (Lipinski definition) is 7. The molecule has 1 aromatic heterocycles. The number of aliphatic hydroxyl groups is 1. The van der Waals surface area contributed by atoms with E-state index in [0.717, 1.165) is 47.7 Å². The maximum atomic E-state index is 15.1. The van der Waals surface area contributed by atoms with Gasteiger partial charge in [0.15, 0.2) is 5.82 Å². The summed E-state index contributed by atoms with van der Waals surface area (Å²) in [6.07, 6.45) is 6.41. The summed E-state index contributed by atoms with van der Waals surface area (Å²) in [5, 5.41) is 26.2. The van der Waals surface area contributed by atoms with E-state index in [4.69, 9.17) is 27.5 Å². The summed E-state index contributed by atoms with van der Waals surface area (Å²) in [7, 11) is 0. The molecule has 0 saturated heterocycles. The van der Waals surface area contributed by atoms with Crippen LogP contribution in [-0.2, 0) is 17.7 Å². The summed E-state index contributed by atoms with van der Waals surface area (Å²) in [5.41, 5.74) is 10.0. The number of H-pyrrole nitrogens is 1. The number of aliphatic hydroxyl groups excluding tert-OH is 1. The molecule has 0 radical (unpaired) electrons. The van der Waals surface area contributed by atoms with Crippen molar-refractivity contribution >= 4 is 29.3 Å². The number of rotatable bonds is 17. The quantitative estimate of drug-likeness (QED) is 0.0565. The zero-order valence-electron chi connectivity index (χ0n) is 26.1. The molecular formula is C34H45ClFN7O2. The summed E-state index contributed by atoms with van der Waals surface area (Å²) in [6.45, 7) is 10.4. The van der Waals surface area contributed by atoms with Crippen molar-refractivity contribution in [1.82, 2.24) is 15.6 Å². The average Bonchev–Trinajstić information content (AvgIpc) is 3.43. The van der Waals surface area contributed by atoms with Crippen molar-refractivity contribution in [3.8, 4) is 11.3 Å². The number of nitrogens with zero attached hydrogens (tertiary/aromatic N) is 2. The molecule has 45 heavy (non-hydrogen) atoms. The number of nitrogens with one attached hydrogen (secondary N) is 4. The second kappa shape index (κ2) is 16.7. The van der Waals surface area contributed by atoms with Crippen molar-refractivity contribution in [2.24, 2.45) is 10.7 Å². The Labute approximate surface area is 269 Å². The molecule has 11 heteroatoms. The lowest BCUT2D eigenvalue weighted by molar-refractivity contribution is 0.154. The number of hydrogen-bond donors (Lipinski definition) is 6. The van der Waals surface area contributed by atoms with Crippen LogP contribution >= 0.6 is 11.6 Å². The number of halogens is 2. The number of aromatic nitrogens is 1. The van der Waals surface area contributed by atoms with Gasteiger partial charge < -0.3 is 36.1 Å². The summed E-state index contributed by atoms with van der Waals surface area (Å²) in [5.74, 6) is -0.0254. The molecule has 0 saturated carbocycles. The monoisotopic (exact) mass is 637 g/mol. The molecular weight excluding hydrogens is 593 g/mol. The van der Waals surface area contributed by atoms with E-state index in [2.05, 4.69) is 27.2 Å². The zero-order valence-corrected chi connectivity index (χ0v) is 26.8. The maximum absolute atomic E-state index is 15.1. The first-order chi connectivity index (χ1) is 21.7. The Morgan fingerprint density at radius 2 is 2.04 bits per heavy atom. The fourth-order valence-corrected chi connectivity index (χ4v) is 5.39. The highest BCUT2D eigenvalue weighted by Gasteiger charge is 2.20. The van der Waals surface area contributed by atoms with E-state index >= 15 is 4.39 Å². The lowest BCUT2D eigenvalue weighted by Crippen LogP contribution is -2.41. The summed E-state index contributed by atoms with van der Waals surface area (Å²) >= 11 is 6.26. The fraction of sp³-hybridized carbons (Fsp3) is 0.412. The fourth-order valence-electron chi connectivity index (χ4n) is 5.15. The zero-order chi connectivity index (χ0) is 32.3. The SMILES string of the molecule is C=CC(CCNC(=N)CCOCC)NCc1ccc(N2C=c3cc(-c4cc(CCC[C@H](C)N)cc(Cl)c4F)[nH]c3=NC2O)cc1. The highest BCUT2D eigenvalue weighted by atomic mass is 35.5. The molecule has 242 valence electrons. The Morgan fingerprint density at radius 1 is 1.27 bits per heavy atom. The van der Waals surface area contributed by atoms with Gasteiger partial charge in [0.25, 0.3) is 0 Å². The van der Waals surface area contributed by atoms with Crippen molar-refractivity contribution in [1.29, 1.82) is 5.41 Å². The minimum atomic E-state index is -1.14. The third-order valence-electron chi connectivity index (χ3n) is 7.68. The number of benzene rings is 2. The summed E-state index contributed by atoms with van der Waals surface area (Å²) in [6, 6.07) is 13.3. The Balaban J connectivity index is 1.39. The first-order valence-corrected chi connectivity index (χ1v) is 15.9. The van der Waals surface area contributed by atoms with Crippen LogP contribution in [0.15, 0.2) is 60.1 Å². The predicted octanol–water partition coefficient (Wildman–Crippen LogP) is 4.33. The van der Waals surface area contributed by atoms with Gasteiger partial charge in [-0.05, 0) is 81.0 Å². The van der Waals surface area contributed by atoms with Gasteiger partial charge in [-0.3, -0.25) is 5.41 Å². The van der Waals surface area contributed by atoms with E-state index < -0.39 is 12.2 Å². The number of amidine groups is 1. The van der Waals surface area contributed by atoms with E-state index in [-0.39, 0.29) is 17.1 Å². The van der Waals surface area contributed by atoms with Gasteiger partial charge in [0.1, 0.15) is 5.49 Å². The van der Waals surface area contributed by atoms with Gasteiger partial charge in [0.05, 0.1) is 23.2 Å². The molecule has 2 aromatic carbocycles. The third-order valence-corrected chi connectivity index (χ3v) is 7.96. The Kier molecular flexibility index (Phi) is 12.7. The molecule has 3 atom stereocenters. The van der Waals surface area contributed by atoms with Gasteiger partial charge in [0.2, 0.25) is 6.35 Å². The highest BCUT2D eigenvalue weighted by molar-refractivity contribution is 6.31. The lowest BCUT2D eigenvalue weighted by Gasteiger charge is -2.25. The van der Waals surface area contributed by atoms with Gasteiger partial charge in [-0.1, -0.05) is 29.8 Å². The van der Waals surface area contributed by atoms with E-state index in [9.17, 15) is 5.11 Å². The Morgan fingerprint density at radius 3 is 2.76 bits per heavy atom. The second-order valence-electron chi connectivity index (χ2n) is 11.3. The van der Waals surface area contributed by atoms with E-state index in [1.54, 1.807) is 17.2 Å². The number of anilines is 1. The lowest BCUT2D eigenvalue weighted by atomic mass is 10.0. The molecule has 0 amide bonds. The van der Waals surface area contributed by atoms with Crippen LogP contribution in [0.4, 0.5) is 10.1 Å². The predicted molar refractivity (Wildman–Crippen MR) is 180 cm³/mol. The van der Waals surface area contributed by atoms with Crippen molar-refractivity contribution < 1.29 is 14.2 Å². The van der Waals surface area contributed by atoms with Gasteiger partial charge in [-0.15, -0.1) is 6.58 Å². The van der Waals surface area contributed by atoms with Crippen LogP contribution in [0.2, 0.25) is 5.02 Å². The molecule has 1 aliphatic heterocycles. The molecule has 3 aromatic rings. The normalized spacial score (nSPS) is 15.5. The molecule has 1 aliphatic rings. The third kappa shape index (κ3) is 9.72. The van der Waals surface area contributed by atoms with Gasteiger partial charge in [-0.25, -0.2) is 9.38 Å². The van der Waals surface area contributed by atoms with Crippen LogP contribution in [0.5, 0.6) is 0 Å². The summed E-state index contributed by atoms with van der Waals surface area (Å²) < 4.78 is 20.4. The van der Waals surface area contributed by atoms with Crippen LogP contribution in [0, 0.1) is 11.2 Å². The van der Waals surface area contributed by atoms with Crippen LogP contribution < -0.4 is 32.0 Å². The smallest absolute Gasteiger partial charge is 0.231 e. The number of fused-ring (bicyclic) bond motifs is 1. The first-order valence-electron chi connectivity index (χ1n) is 15.5. The van der Waals surface area contributed by atoms with Gasteiger partial charge in [-0.2, -0.15) is 0 Å². The van der Waals surface area contributed by atoms with Crippen LogP contribution in [0.3, 0.4) is 0 Å². The Hall–Kier alpha value is -3.54. The van der Waals surface area contributed by atoms with Gasteiger partial charge in [0, 0.05) is 60.9 Å². The topological polar surface area (TPSA) is 135 Å². The van der Waals surface area contributed by atoms with Crippen molar-refractivity contribution in [2.45, 2.75) is 70.9 Å². The largest absolute Gasteiger partial charge is 0.381 e. The minimum Gasteiger partial charge on any atom is -0.381 e. The molecule has 7 N–H and O–H groups in total. The van der Waals surface area contributed by atoms with Crippen molar-refractivity contribution in [2.75, 3.05) is 24.7 Å². The first kappa shape index (κ1) is 34.3. The van der Waals surface area contributed by atoms with Gasteiger partial charge >= 0.3 is 0 Å². The van der Waals surface area contributed by atoms with E-state index in [0.29, 0.717) is 55.3 Å². The molecule has 2 heterocycles. The van der Waals surface area contributed by atoms with Crippen molar-refractivity contribution in [3.05, 3.63) is 87.8 Å². The number of ether oxygens (including phenoxy) is 1. The molecule has 0 aliphatic carbocycles. The summed E-state index contributed by atoms with van der Waals surface area (Å²) in [4.78, 5) is 9.25. The molecule has 0 spiro atoms. The molecule has 9 nitrogen and oxygen atoms in total. The standard InChI is InChI=1S/C34H45ClFN7O2/c1-4-26(13-15-39-31(38)14-16-45-5-2)40-20-23-9-11-27(12-10-23)43-21-25-19-30(41-33(25)42-34(43)44)28-17-24(8-6-7-22(3)37)18-29(35)32(28)36/h4,9-12,17-19,21-22,26,34,40,44H,1,5-8,13-16,20,37H2,2-3H3,(H2,38,39)(H,41,42)/t22-,26?,34?/m0/s1.